The third-order valence-electron chi connectivity index (χ3n) is 4.26. The topological polar surface area (TPSA) is 82.1 Å². The fraction of sp³-hybridized carbons (Fsp3) is 0.700. The molecule has 0 radical (unpaired) electrons. The molecule has 6 nitrogen and oxygen atoms in total. The standard InChI is InChI=1S/C20H34O6S/c1-3-4-5-6-7-8-11-19-12-9-10-13-20(19)26-17-15-24-14-16-25-18(2)27(21,22)23/h9-10,12-13,18H,3-8,11,14-17H2,1-2H3,(H,21,22,23). The molecule has 0 heterocycles. The first kappa shape index (κ1) is 23.9. The SMILES string of the molecule is CCCCCCCCc1ccccc1OCCOCCOC(C)S(=O)(=O)O. The number of benzene rings is 1. The van der Waals surface area contributed by atoms with Crippen molar-refractivity contribution < 1.29 is 27.2 Å². The Morgan fingerprint density at radius 1 is 0.963 bits per heavy atom. The van der Waals surface area contributed by atoms with E-state index in [1.54, 1.807) is 0 Å². The number of unbranched alkanes of at least 4 members (excludes halogenated alkanes) is 5. The number of aryl methyl sites for hydroxylation is 1. The summed E-state index contributed by atoms with van der Waals surface area (Å²) in [6, 6.07) is 8.07. The van der Waals surface area contributed by atoms with Gasteiger partial charge >= 0.3 is 0 Å². The van der Waals surface area contributed by atoms with Crippen LogP contribution in [0.2, 0.25) is 0 Å². The molecule has 0 saturated carbocycles. The lowest BCUT2D eigenvalue weighted by molar-refractivity contribution is 0.0274. The van der Waals surface area contributed by atoms with Crippen molar-refractivity contribution in [3.8, 4) is 5.75 Å². The molecule has 7 heteroatoms. The predicted molar refractivity (Wildman–Crippen MR) is 107 cm³/mol. The Morgan fingerprint density at radius 2 is 1.63 bits per heavy atom. The molecule has 0 aliphatic rings. The highest BCUT2D eigenvalue weighted by molar-refractivity contribution is 7.86. The molecule has 0 aliphatic heterocycles. The lowest BCUT2D eigenvalue weighted by Gasteiger charge is -2.12. The van der Waals surface area contributed by atoms with Crippen LogP contribution in [-0.2, 0) is 26.0 Å². The zero-order valence-corrected chi connectivity index (χ0v) is 17.4. The molecule has 0 saturated heterocycles. The predicted octanol–water partition coefficient (Wildman–Crippen LogP) is 4.24. The van der Waals surface area contributed by atoms with Crippen molar-refractivity contribution in [3.63, 3.8) is 0 Å². The minimum absolute atomic E-state index is 0.0928. The summed E-state index contributed by atoms with van der Waals surface area (Å²) in [4.78, 5) is 0. The lowest BCUT2D eigenvalue weighted by Crippen LogP contribution is -2.22. The number of para-hydroxylation sites is 1. The smallest absolute Gasteiger partial charge is 0.291 e. The molecule has 156 valence electrons. The van der Waals surface area contributed by atoms with Crippen molar-refractivity contribution >= 4 is 10.1 Å². The second kappa shape index (κ2) is 13.9. The highest BCUT2D eigenvalue weighted by atomic mass is 32.2. The zero-order valence-electron chi connectivity index (χ0n) is 16.6. The molecule has 1 aromatic carbocycles. The van der Waals surface area contributed by atoms with Gasteiger partial charge in [-0.25, -0.2) is 0 Å². The number of ether oxygens (including phenoxy) is 3. The molecule has 1 atom stereocenters. The average Bonchev–Trinajstić information content (AvgIpc) is 2.63. The molecular weight excluding hydrogens is 368 g/mol. The van der Waals surface area contributed by atoms with Gasteiger partial charge in [0.15, 0.2) is 5.44 Å². The third kappa shape index (κ3) is 11.3. The molecule has 1 unspecified atom stereocenters. The van der Waals surface area contributed by atoms with E-state index in [1.165, 1.54) is 51.0 Å². The van der Waals surface area contributed by atoms with Crippen LogP contribution in [-0.4, -0.2) is 44.8 Å². The van der Waals surface area contributed by atoms with Gasteiger partial charge in [-0.3, -0.25) is 4.55 Å². The van der Waals surface area contributed by atoms with E-state index in [-0.39, 0.29) is 13.2 Å². The fourth-order valence-electron chi connectivity index (χ4n) is 2.62. The molecule has 1 N–H and O–H groups in total. The molecule has 0 spiro atoms. The molecule has 1 rings (SSSR count). The molecule has 0 amide bonds. The van der Waals surface area contributed by atoms with Crippen LogP contribution in [0.3, 0.4) is 0 Å². The third-order valence-corrected chi connectivity index (χ3v) is 5.23. The van der Waals surface area contributed by atoms with Crippen molar-refractivity contribution in [2.45, 2.75) is 64.2 Å². The summed E-state index contributed by atoms with van der Waals surface area (Å²) in [5.41, 5.74) is -0.0236. The van der Waals surface area contributed by atoms with Gasteiger partial charge in [0.25, 0.3) is 10.1 Å². The van der Waals surface area contributed by atoms with Gasteiger partial charge in [-0.2, -0.15) is 8.42 Å². The van der Waals surface area contributed by atoms with Crippen LogP contribution in [0.1, 0.15) is 57.9 Å². The van der Waals surface area contributed by atoms with E-state index in [0.29, 0.717) is 13.2 Å². The summed E-state index contributed by atoms with van der Waals surface area (Å²) in [7, 11) is -4.16. The molecular formula is C20H34O6S. The van der Waals surface area contributed by atoms with E-state index < -0.39 is 15.6 Å². The van der Waals surface area contributed by atoms with Gasteiger partial charge in [0, 0.05) is 0 Å². The number of hydrogen-bond donors (Lipinski definition) is 1. The quantitative estimate of drug-likeness (QED) is 0.329. The largest absolute Gasteiger partial charge is 0.491 e. The molecule has 27 heavy (non-hydrogen) atoms. The fourth-order valence-corrected chi connectivity index (χ4v) is 2.89. The maximum Gasteiger partial charge on any atom is 0.291 e. The van der Waals surface area contributed by atoms with Gasteiger partial charge < -0.3 is 14.2 Å². The molecule has 1 aromatic rings. The summed E-state index contributed by atoms with van der Waals surface area (Å²) < 4.78 is 46.5. The molecule has 0 aliphatic carbocycles. The second-order valence-corrected chi connectivity index (χ2v) is 8.23. The van der Waals surface area contributed by atoms with Crippen LogP contribution in [0.15, 0.2) is 24.3 Å². The molecule has 0 fully saturated rings. The zero-order chi connectivity index (χ0) is 20.0. The van der Waals surface area contributed by atoms with Gasteiger partial charge in [0.2, 0.25) is 0 Å². The Labute approximate surface area is 164 Å². The van der Waals surface area contributed by atoms with E-state index in [1.807, 2.05) is 18.2 Å². The van der Waals surface area contributed by atoms with Crippen LogP contribution in [0.5, 0.6) is 5.75 Å². The second-order valence-electron chi connectivity index (χ2n) is 6.54. The van der Waals surface area contributed by atoms with Gasteiger partial charge in [-0.15, -0.1) is 0 Å². The Hall–Kier alpha value is -1.15. The molecule has 0 bridgehead atoms. The summed E-state index contributed by atoms with van der Waals surface area (Å²) in [5.74, 6) is 0.894. The normalized spacial score (nSPS) is 12.9. The first-order valence-corrected chi connectivity index (χ1v) is 11.3. The maximum atomic E-state index is 10.8. The number of hydrogen-bond acceptors (Lipinski definition) is 5. The minimum Gasteiger partial charge on any atom is -0.491 e. The van der Waals surface area contributed by atoms with Gasteiger partial charge in [-0.1, -0.05) is 57.2 Å². The highest BCUT2D eigenvalue weighted by Gasteiger charge is 2.16. The maximum absolute atomic E-state index is 10.8. The monoisotopic (exact) mass is 402 g/mol. The van der Waals surface area contributed by atoms with Crippen LogP contribution in [0.25, 0.3) is 0 Å². The summed E-state index contributed by atoms with van der Waals surface area (Å²) in [6.45, 7) is 4.64. The van der Waals surface area contributed by atoms with Gasteiger partial charge in [0.1, 0.15) is 12.4 Å². The van der Waals surface area contributed by atoms with E-state index in [9.17, 15) is 8.42 Å². The van der Waals surface area contributed by atoms with Crippen LogP contribution < -0.4 is 4.74 Å². The van der Waals surface area contributed by atoms with Gasteiger partial charge in [-0.05, 0) is 31.4 Å². The lowest BCUT2D eigenvalue weighted by atomic mass is 10.0. The van der Waals surface area contributed by atoms with E-state index in [4.69, 9.17) is 18.8 Å². The Morgan fingerprint density at radius 3 is 2.37 bits per heavy atom. The molecule has 0 aromatic heterocycles. The Kier molecular flexibility index (Phi) is 12.3. The Bertz CT molecular complexity index is 602. The van der Waals surface area contributed by atoms with E-state index in [0.717, 1.165) is 12.2 Å². The van der Waals surface area contributed by atoms with Crippen molar-refractivity contribution in [2.75, 3.05) is 26.4 Å². The van der Waals surface area contributed by atoms with Crippen molar-refractivity contribution in [1.29, 1.82) is 0 Å². The van der Waals surface area contributed by atoms with E-state index in [2.05, 4.69) is 13.0 Å². The Balaban J connectivity index is 2.17. The van der Waals surface area contributed by atoms with E-state index >= 15 is 0 Å². The van der Waals surface area contributed by atoms with Gasteiger partial charge in [0.05, 0.1) is 19.8 Å². The minimum atomic E-state index is -4.16. The summed E-state index contributed by atoms with van der Waals surface area (Å²) in [5, 5.41) is 0. The van der Waals surface area contributed by atoms with Crippen LogP contribution >= 0.6 is 0 Å². The summed E-state index contributed by atoms with van der Waals surface area (Å²) in [6.07, 6.45) is 8.64. The average molecular weight is 403 g/mol. The van der Waals surface area contributed by atoms with Crippen LogP contribution in [0, 0.1) is 0 Å². The van der Waals surface area contributed by atoms with Crippen molar-refractivity contribution in [3.05, 3.63) is 29.8 Å². The first-order chi connectivity index (χ1) is 12.9. The number of rotatable bonds is 16. The van der Waals surface area contributed by atoms with Crippen molar-refractivity contribution in [2.24, 2.45) is 0 Å². The highest BCUT2D eigenvalue weighted by Crippen LogP contribution is 2.20. The van der Waals surface area contributed by atoms with Crippen LogP contribution in [0.4, 0.5) is 0 Å². The van der Waals surface area contributed by atoms with Crippen molar-refractivity contribution in [1.82, 2.24) is 0 Å². The first-order valence-electron chi connectivity index (χ1n) is 9.81. The summed E-state index contributed by atoms with van der Waals surface area (Å²) >= 11 is 0.